The largest absolute Gasteiger partial charge is 0.460 e. The smallest absolute Gasteiger partial charge is 0.325 e. The zero-order valence-corrected chi connectivity index (χ0v) is 16.4. The molecule has 1 saturated carbocycles. The number of carbonyl (C=O) groups is 3. The molecule has 3 rings (SSSR count). The normalized spacial score (nSPS) is 14.1. The Morgan fingerprint density at radius 2 is 1.69 bits per heavy atom. The fourth-order valence-electron chi connectivity index (χ4n) is 3.39. The first-order valence-electron chi connectivity index (χ1n) is 10.0. The highest BCUT2D eigenvalue weighted by Gasteiger charge is 2.21. The minimum atomic E-state index is -0.510. The highest BCUT2D eigenvalue weighted by atomic mass is 16.5. The van der Waals surface area contributed by atoms with E-state index in [0.717, 1.165) is 31.2 Å². The van der Waals surface area contributed by atoms with Crippen molar-refractivity contribution in [2.24, 2.45) is 5.92 Å². The van der Waals surface area contributed by atoms with Crippen LogP contribution in [0.4, 0.5) is 5.69 Å². The first-order chi connectivity index (χ1) is 14.1. The summed E-state index contributed by atoms with van der Waals surface area (Å²) in [5.41, 5.74) is 1.84. The zero-order chi connectivity index (χ0) is 20.5. The van der Waals surface area contributed by atoms with Crippen LogP contribution in [0.5, 0.6) is 0 Å². The molecule has 1 aliphatic rings. The first-order valence-corrected chi connectivity index (χ1v) is 10.0. The van der Waals surface area contributed by atoms with Crippen molar-refractivity contribution in [3.05, 3.63) is 65.7 Å². The summed E-state index contributed by atoms with van der Waals surface area (Å²) < 4.78 is 5.15. The Bertz CT molecular complexity index is 845. The standard InChI is InChI=1S/C23H26N2O4/c26-21(29-16-17-8-3-1-4-9-17)15-24-22(27)19-12-7-13-20(14-19)25-23(28)18-10-5-2-6-11-18/h1,3-4,7-9,12-14,18H,2,5-6,10-11,15-16H2,(H,24,27)(H,25,28). The summed E-state index contributed by atoms with van der Waals surface area (Å²) in [6, 6.07) is 16.1. The van der Waals surface area contributed by atoms with Crippen LogP contribution in [0.2, 0.25) is 0 Å². The zero-order valence-electron chi connectivity index (χ0n) is 16.4. The third kappa shape index (κ3) is 6.45. The maximum absolute atomic E-state index is 12.4. The van der Waals surface area contributed by atoms with E-state index in [1.165, 1.54) is 6.42 Å². The van der Waals surface area contributed by atoms with Gasteiger partial charge in [0.15, 0.2) is 0 Å². The molecular formula is C23H26N2O4. The number of amides is 2. The number of hydrogen-bond acceptors (Lipinski definition) is 4. The summed E-state index contributed by atoms with van der Waals surface area (Å²) >= 11 is 0. The molecule has 0 bridgehead atoms. The maximum atomic E-state index is 12.4. The summed E-state index contributed by atoms with van der Waals surface area (Å²) in [6.45, 7) is -0.0530. The van der Waals surface area contributed by atoms with Crippen molar-refractivity contribution in [2.45, 2.75) is 38.7 Å². The fourth-order valence-corrected chi connectivity index (χ4v) is 3.39. The molecule has 0 aromatic heterocycles. The van der Waals surface area contributed by atoms with E-state index in [2.05, 4.69) is 10.6 Å². The average molecular weight is 394 g/mol. The van der Waals surface area contributed by atoms with Gasteiger partial charge in [0, 0.05) is 17.2 Å². The van der Waals surface area contributed by atoms with E-state index in [1.807, 2.05) is 30.3 Å². The van der Waals surface area contributed by atoms with Crippen LogP contribution in [0.25, 0.3) is 0 Å². The van der Waals surface area contributed by atoms with Crippen molar-refractivity contribution < 1.29 is 19.1 Å². The molecule has 2 N–H and O–H groups in total. The second kappa shape index (κ2) is 10.4. The topological polar surface area (TPSA) is 84.5 Å². The van der Waals surface area contributed by atoms with Gasteiger partial charge in [0.1, 0.15) is 13.2 Å². The van der Waals surface area contributed by atoms with E-state index in [1.54, 1.807) is 24.3 Å². The predicted octanol–water partition coefficient (Wildman–Crippen LogP) is 3.68. The number of hydrogen-bond donors (Lipinski definition) is 2. The molecule has 0 radical (unpaired) electrons. The quantitative estimate of drug-likeness (QED) is 0.702. The monoisotopic (exact) mass is 394 g/mol. The van der Waals surface area contributed by atoms with Gasteiger partial charge in [-0.15, -0.1) is 0 Å². The maximum Gasteiger partial charge on any atom is 0.325 e. The van der Waals surface area contributed by atoms with Crippen molar-refractivity contribution in [1.29, 1.82) is 0 Å². The molecule has 0 unspecified atom stereocenters. The molecule has 6 heteroatoms. The molecule has 6 nitrogen and oxygen atoms in total. The van der Waals surface area contributed by atoms with Crippen molar-refractivity contribution in [1.82, 2.24) is 5.32 Å². The number of rotatable bonds is 7. The van der Waals surface area contributed by atoms with Crippen LogP contribution in [-0.2, 0) is 20.9 Å². The molecule has 2 aromatic rings. The third-order valence-corrected chi connectivity index (χ3v) is 5.00. The molecule has 0 heterocycles. The van der Waals surface area contributed by atoms with Crippen molar-refractivity contribution in [3.8, 4) is 0 Å². The van der Waals surface area contributed by atoms with E-state index in [0.29, 0.717) is 11.3 Å². The predicted molar refractivity (Wildman–Crippen MR) is 110 cm³/mol. The molecule has 1 fully saturated rings. The van der Waals surface area contributed by atoms with Crippen LogP contribution < -0.4 is 10.6 Å². The average Bonchev–Trinajstić information content (AvgIpc) is 2.77. The lowest BCUT2D eigenvalue weighted by Crippen LogP contribution is -2.30. The van der Waals surface area contributed by atoms with Gasteiger partial charge in [-0.25, -0.2) is 0 Å². The Morgan fingerprint density at radius 1 is 0.931 bits per heavy atom. The highest BCUT2D eigenvalue weighted by Crippen LogP contribution is 2.25. The molecule has 2 aromatic carbocycles. The Kier molecular flexibility index (Phi) is 7.39. The second-order valence-corrected chi connectivity index (χ2v) is 7.23. The third-order valence-electron chi connectivity index (χ3n) is 5.00. The molecule has 0 spiro atoms. The van der Waals surface area contributed by atoms with Crippen LogP contribution in [-0.4, -0.2) is 24.3 Å². The molecule has 152 valence electrons. The van der Waals surface area contributed by atoms with Crippen molar-refractivity contribution in [3.63, 3.8) is 0 Å². The second-order valence-electron chi connectivity index (χ2n) is 7.23. The summed E-state index contributed by atoms with van der Waals surface area (Å²) in [5.74, 6) is -0.855. The van der Waals surface area contributed by atoms with Gasteiger partial charge in [0.25, 0.3) is 5.91 Å². The van der Waals surface area contributed by atoms with Gasteiger partial charge in [-0.05, 0) is 36.6 Å². The number of ether oxygens (including phenoxy) is 1. The molecule has 0 saturated heterocycles. The van der Waals surface area contributed by atoms with Gasteiger partial charge in [-0.2, -0.15) is 0 Å². The number of nitrogens with one attached hydrogen (secondary N) is 2. The van der Waals surface area contributed by atoms with Gasteiger partial charge in [0.05, 0.1) is 0 Å². The van der Waals surface area contributed by atoms with Gasteiger partial charge >= 0.3 is 5.97 Å². The summed E-state index contributed by atoms with van der Waals surface area (Å²) in [7, 11) is 0. The summed E-state index contributed by atoms with van der Waals surface area (Å²) in [5, 5.41) is 5.45. The summed E-state index contributed by atoms with van der Waals surface area (Å²) in [4.78, 5) is 36.6. The molecular weight excluding hydrogens is 368 g/mol. The minimum Gasteiger partial charge on any atom is -0.460 e. The van der Waals surface area contributed by atoms with E-state index in [-0.39, 0.29) is 25.0 Å². The minimum absolute atomic E-state index is 0.00625. The lowest BCUT2D eigenvalue weighted by molar-refractivity contribution is -0.143. The SMILES string of the molecule is O=C(CNC(=O)c1cccc(NC(=O)C2CCCCC2)c1)OCc1ccccc1. The fraction of sp³-hybridized carbons (Fsp3) is 0.348. The van der Waals surface area contributed by atoms with Gasteiger partial charge in [0.2, 0.25) is 5.91 Å². The van der Waals surface area contributed by atoms with Crippen LogP contribution >= 0.6 is 0 Å². The van der Waals surface area contributed by atoms with Crippen LogP contribution in [0.3, 0.4) is 0 Å². The first kappa shape index (κ1) is 20.6. The Hall–Kier alpha value is -3.15. The highest BCUT2D eigenvalue weighted by molar-refractivity contribution is 5.98. The van der Waals surface area contributed by atoms with Crippen LogP contribution in [0, 0.1) is 5.92 Å². The molecule has 0 aliphatic heterocycles. The molecule has 0 atom stereocenters. The van der Waals surface area contributed by atoms with E-state index < -0.39 is 11.9 Å². The van der Waals surface area contributed by atoms with E-state index in [4.69, 9.17) is 4.74 Å². The molecule has 2 amide bonds. The number of carbonyl (C=O) groups excluding carboxylic acids is 3. The Balaban J connectivity index is 1.47. The molecule has 29 heavy (non-hydrogen) atoms. The van der Waals surface area contributed by atoms with Gasteiger partial charge < -0.3 is 15.4 Å². The van der Waals surface area contributed by atoms with Gasteiger partial charge in [-0.3, -0.25) is 14.4 Å². The summed E-state index contributed by atoms with van der Waals surface area (Å²) in [6.07, 6.45) is 5.18. The number of anilines is 1. The van der Waals surface area contributed by atoms with Crippen LogP contribution in [0.15, 0.2) is 54.6 Å². The number of benzene rings is 2. The van der Waals surface area contributed by atoms with Gasteiger partial charge in [-0.1, -0.05) is 55.7 Å². The number of esters is 1. The van der Waals surface area contributed by atoms with E-state index in [9.17, 15) is 14.4 Å². The lowest BCUT2D eigenvalue weighted by atomic mass is 9.88. The Labute approximate surface area is 170 Å². The van der Waals surface area contributed by atoms with Crippen molar-refractivity contribution in [2.75, 3.05) is 11.9 Å². The Morgan fingerprint density at radius 3 is 2.45 bits per heavy atom. The van der Waals surface area contributed by atoms with Crippen LogP contribution in [0.1, 0.15) is 48.0 Å². The lowest BCUT2D eigenvalue weighted by Gasteiger charge is -2.20. The van der Waals surface area contributed by atoms with Crippen molar-refractivity contribution >= 4 is 23.5 Å². The molecule has 1 aliphatic carbocycles. The van der Waals surface area contributed by atoms with E-state index >= 15 is 0 Å².